The number of rotatable bonds is 6. The molecule has 0 aromatic heterocycles. The van der Waals surface area contributed by atoms with Crippen molar-refractivity contribution in [1.29, 1.82) is 0 Å². The van der Waals surface area contributed by atoms with Crippen LogP contribution in [0.2, 0.25) is 0 Å². The fraction of sp³-hybridized carbons (Fsp3) is 0.238. The molecule has 2 aromatic carbocycles. The highest BCUT2D eigenvalue weighted by Crippen LogP contribution is 2.32. The van der Waals surface area contributed by atoms with Crippen LogP contribution in [0.1, 0.15) is 41.3 Å². The van der Waals surface area contributed by atoms with E-state index in [0.717, 1.165) is 10.5 Å². The molecule has 0 aliphatic heterocycles. The topological polar surface area (TPSA) is 37.4 Å². The fourth-order valence-corrected chi connectivity index (χ4v) is 2.83. The fourth-order valence-electron chi connectivity index (χ4n) is 2.83. The molecule has 3 rings (SSSR count). The average molecular weight is 409 g/mol. The molecule has 3 nitrogen and oxygen atoms in total. The molecule has 0 N–H and O–H groups in total. The quantitative estimate of drug-likeness (QED) is 0.298. The number of benzene rings is 2. The Bertz CT molecular complexity index is 968. The molecule has 1 fully saturated rings. The van der Waals surface area contributed by atoms with Crippen LogP contribution in [0, 0.1) is 29.1 Å². The van der Waals surface area contributed by atoms with Gasteiger partial charge >= 0.3 is 0 Å². The third-order valence-electron chi connectivity index (χ3n) is 4.52. The van der Waals surface area contributed by atoms with Crippen molar-refractivity contribution in [3.05, 3.63) is 76.1 Å². The van der Waals surface area contributed by atoms with Crippen molar-refractivity contribution in [1.82, 2.24) is 4.90 Å². The number of allylic oxidation sites excluding steroid dienone is 1. The molecule has 29 heavy (non-hydrogen) atoms. The molecule has 0 bridgehead atoms. The first-order valence-corrected chi connectivity index (χ1v) is 8.80. The maximum absolute atomic E-state index is 14.0. The van der Waals surface area contributed by atoms with Crippen molar-refractivity contribution in [3.63, 3.8) is 0 Å². The summed E-state index contributed by atoms with van der Waals surface area (Å²) in [5, 5.41) is 0. The molecule has 0 saturated heterocycles. The summed E-state index contributed by atoms with van der Waals surface area (Å²) in [4.78, 5) is 24.8. The van der Waals surface area contributed by atoms with Crippen LogP contribution in [-0.2, 0) is 11.3 Å². The summed E-state index contributed by atoms with van der Waals surface area (Å²) >= 11 is 0. The second-order valence-electron chi connectivity index (χ2n) is 6.79. The van der Waals surface area contributed by atoms with Gasteiger partial charge in [0.05, 0.1) is 0 Å². The average Bonchev–Trinajstić information content (AvgIpc) is 3.53. The molecule has 0 radical (unpaired) electrons. The molecule has 1 aliphatic rings. The van der Waals surface area contributed by atoms with Gasteiger partial charge in [0.15, 0.2) is 29.1 Å². The molecule has 8 heteroatoms. The number of halogens is 5. The van der Waals surface area contributed by atoms with Gasteiger partial charge in [-0.05, 0) is 37.0 Å². The van der Waals surface area contributed by atoms with Crippen molar-refractivity contribution >= 4 is 17.8 Å². The highest BCUT2D eigenvalue weighted by molar-refractivity contribution is 5.95. The van der Waals surface area contributed by atoms with Gasteiger partial charge in [0.25, 0.3) is 5.91 Å². The van der Waals surface area contributed by atoms with Gasteiger partial charge in [-0.15, -0.1) is 0 Å². The summed E-state index contributed by atoms with van der Waals surface area (Å²) in [5.41, 5.74) is -0.114. The lowest BCUT2D eigenvalue weighted by atomic mass is 10.1. The van der Waals surface area contributed by atoms with E-state index in [-0.39, 0.29) is 18.4 Å². The summed E-state index contributed by atoms with van der Waals surface area (Å²) < 4.78 is 68.3. The molecule has 1 saturated carbocycles. The second kappa shape index (κ2) is 8.14. The van der Waals surface area contributed by atoms with E-state index in [1.807, 2.05) is 0 Å². The minimum Gasteiger partial charge on any atom is -0.331 e. The Labute approximate surface area is 163 Å². The lowest BCUT2D eigenvalue weighted by molar-refractivity contribution is -0.112. The van der Waals surface area contributed by atoms with Gasteiger partial charge in [0, 0.05) is 12.6 Å². The van der Waals surface area contributed by atoms with Crippen molar-refractivity contribution in [2.24, 2.45) is 0 Å². The van der Waals surface area contributed by atoms with Crippen molar-refractivity contribution in [2.45, 2.75) is 32.4 Å². The Kier molecular flexibility index (Phi) is 5.81. The molecule has 1 aliphatic carbocycles. The number of ketones is 1. The van der Waals surface area contributed by atoms with Gasteiger partial charge in [-0.1, -0.05) is 30.3 Å². The van der Waals surface area contributed by atoms with Gasteiger partial charge in [-0.25, -0.2) is 22.0 Å². The lowest BCUT2D eigenvalue weighted by Crippen LogP contribution is -2.34. The number of hydrogen-bond acceptors (Lipinski definition) is 2. The van der Waals surface area contributed by atoms with Gasteiger partial charge in [-0.2, -0.15) is 0 Å². The van der Waals surface area contributed by atoms with Crippen LogP contribution in [0.3, 0.4) is 0 Å². The minimum atomic E-state index is -2.30. The van der Waals surface area contributed by atoms with E-state index in [0.29, 0.717) is 18.4 Å². The Hall–Kier alpha value is -3.03. The third kappa shape index (κ3) is 4.36. The number of carbonyl (C=O) groups excluding carboxylic acids is 2. The third-order valence-corrected chi connectivity index (χ3v) is 4.52. The number of hydrogen-bond donors (Lipinski definition) is 0. The first kappa shape index (κ1) is 20.7. The number of carbonyl (C=O) groups is 2. The minimum absolute atomic E-state index is 0.0559. The first-order valence-electron chi connectivity index (χ1n) is 8.80. The Morgan fingerprint density at radius 3 is 1.93 bits per heavy atom. The maximum atomic E-state index is 14.0. The standard InChI is InChI=1S/C21H16F5NO2/c1-11(28)2-3-12-4-6-13(7-5-12)10-27(14-8-9-14)21(29)15-16(22)18(24)20(26)19(25)17(15)23/h2-7,14H,8-10H2,1H3/b3-2+. The SMILES string of the molecule is CC(=O)/C=C/c1ccc(CN(C(=O)c2c(F)c(F)c(F)c(F)c2F)C2CC2)cc1. The summed E-state index contributed by atoms with van der Waals surface area (Å²) in [6.07, 6.45) is 4.13. The Balaban J connectivity index is 1.88. The molecule has 0 unspecified atom stereocenters. The van der Waals surface area contributed by atoms with E-state index in [1.165, 1.54) is 13.0 Å². The van der Waals surface area contributed by atoms with Crippen molar-refractivity contribution in [2.75, 3.05) is 0 Å². The molecule has 0 spiro atoms. The highest BCUT2D eigenvalue weighted by Gasteiger charge is 2.38. The summed E-state index contributed by atoms with van der Waals surface area (Å²) in [6.45, 7) is 1.35. The zero-order chi connectivity index (χ0) is 21.3. The molecule has 0 heterocycles. The van der Waals surface area contributed by atoms with Crippen molar-refractivity contribution in [3.8, 4) is 0 Å². The summed E-state index contributed by atoms with van der Waals surface area (Å²) in [5.74, 6) is -12.2. The van der Waals surface area contributed by atoms with Crippen LogP contribution in [0.15, 0.2) is 30.3 Å². The normalized spacial score (nSPS) is 13.7. The zero-order valence-electron chi connectivity index (χ0n) is 15.3. The monoisotopic (exact) mass is 409 g/mol. The summed E-state index contributed by atoms with van der Waals surface area (Å²) in [6, 6.07) is 6.34. The van der Waals surface area contributed by atoms with Gasteiger partial charge in [-0.3, -0.25) is 9.59 Å². The van der Waals surface area contributed by atoms with Crippen LogP contribution >= 0.6 is 0 Å². The maximum Gasteiger partial charge on any atom is 0.260 e. The van der Waals surface area contributed by atoms with Crippen LogP contribution in [0.5, 0.6) is 0 Å². The Morgan fingerprint density at radius 1 is 0.931 bits per heavy atom. The van der Waals surface area contributed by atoms with Gasteiger partial charge in [0.2, 0.25) is 5.82 Å². The van der Waals surface area contributed by atoms with E-state index in [2.05, 4.69) is 0 Å². The molecular formula is C21H16F5NO2. The first-order chi connectivity index (χ1) is 13.7. The molecular weight excluding hydrogens is 393 g/mol. The lowest BCUT2D eigenvalue weighted by Gasteiger charge is -2.23. The zero-order valence-corrected chi connectivity index (χ0v) is 15.3. The Morgan fingerprint density at radius 2 is 1.45 bits per heavy atom. The molecule has 2 aromatic rings. The van der Waals surface area contributed by atoms with E-state index >= 15 is 0 Å². The molecule has 152 valence electrons. The van der Waals surface area contributed by atoms with E-state index in [1.54, 1.807) is 30.3 Å². The van der Waals surface area contributed by atoms with Gasteiger partial charge in [0.1, 0.15) is 5.56 Å². The number of amides is 1. The largest absolute Gasteiger partial charge is 0.331 e. The van der Waals surface area contributed by atoms with E-state index < -0.39 is 40.6 Å². The second-order valence-corrected chi connectivity index (χ2v) is 6.79. The van der Waals surface area contributed by atoms with Crippen LogP contribution in [0.4, 0.5) is 22.0 Å². The molecule has 1 amide bonds. The highest BCUT2D eigenvalue weighted by atomic mass is 19.2. The number of nitrogens with zero attached hydrogens (tertiary/aromatic N) is 1. The summed E-state index contributed by atoms with van der Waals surface area (Å²) in [7, 11) is 0. The van der Waals surface area contributed by atoms with Crippen LogP contribution in [0.25, 0.3) is 6.08 Å². The smallest absolute Gasteiger partial charge is 0.260 e. The predicted molar refractivity (Wildman–Crippen MR) is 95.3 cm³/mol. The van der Waals surface area contributed by atoms with Crippen LogP contribution < -0.4 is 0 Å². The van der Waals surface area contributed by atoms with Crippen molar-refractivity contribution < 1.29 is 31.5 Å². The predicted octanol–water partition coefficient (Wildman–Crippen LogP) is 4.79. The molecule has 0 atom stereocenters. The van der Waals surface area contributed by atoms with E-state index in [4.69, 9.17) is 0 Å². The van der Waals surface area contributed by atoms with E-state index in [9.17, 15) is 31.5 Å². The van der Waals surface area contributed by atoms with Gasteiger partial charge < -0.3 is 4.90 Å². The van der Waals surface area contributed by atoms with Crippen LogP contribution in [-0.4, -0.2) is 22.6 Å².